The van der Waals surface area contributed by atoms with Gasteiger partial charge in [-0.3, -0.25) is 24.3 Å². The molecule has 7 nitrogen and oxygen atoms in total. The molecule has 148 valence electrons. The summed E-state index contributed by atoms with van der Waals surface area (Å²) in [6.07, 6.45) is 9.74. The van der Waals surface area contributed by atoms with E-state index in [1.807, 2.05) is 0 Å². The van der Waals surface area contributed by atoms with Crippen molar-refractivity contribution >= 4 is 23.6 Å². The van der Waals surface area contributed by atoms with Gasteiger partial charge in [0, 0.05) is 31.2 Å². The Morgan fingerprint density at radius 1 is 0.963 bits per heavy atom. The van der Waals surface area contributed by atoms with E-state index in [4.69, 9.17) is 10.8 Å². The van der Waals surface area contributed by atoms with Crippen LogP contribution in [-0.2, 0) is 14.4 Å². The molecular weight excluding hydrogens is 346 g/mol. The van der Waals surface area contributed by atoms with E-state index in [9.17, 15) is 14.4 Å². The third-order valence-corrected chi connectivity index (χ3v) is 6.33. The lowest BCUT2D eigenvalue weighted by Crippen LogP contribution is -2.37. The summed E-state index contributed by atoms with van der Waals surface area (Å²) in [6, 6.07) is 0. The molecular formula is C20H29N3O4. The number of carboxylic acid groups (broad SMARTS) is 1. The molecule has 0 aromatic carbocycles. The summed E-state index contributed by atoms with van der Waals surface area (Å²) in [5.74, 6) is 0.484. The average Bonchev–Trinajstić information content (AvgIpc) is 2.99. The molecule has 7 heteroatoms. The summed E-state index contributed by atoms with van der Waals surface area (Å²) in [7, 11) is 0. The van der Waals surface area contributed by atoms with Crippen molar-refractivity contribution in [1.29, 1.82) is 0 Å². The van der Waals surface area contributed by atoms with Gasteiger partial charge in [0.15, 0.2) is 0 Å². The number of amides is 2. The Labute approximate surface area is 159 Å². The van der Waals surface area contributed by atoms with Crippen LogP contribution in [0.1, 0.15) is 51.4 Å². The number of aliphatic carboxylic acids is 1. The first-order valence-electron chi connectivity index (χ1n) is 10.00. The van der Waals surface area contributed by atoms with Crippen molar-refractivity contribution in [2.75, 3.05) is 13.1 Å². The van der Waals surface area contributed by atoms with E-state index in [1.54, 1.807) is 0 Å². The Balaban J connectivity index is 1.40. The second-order valence-electron chi connectivity index (χ2n) is 8.16. The molecule has 3 N–H and O–H groups in total. The highest BCUT2D eigenvalue weighted by Gasteiger charge is 2.30. The molecule has 2 fully saturated rings. The number of carboxylic acids is 1. The van der Waals surface area contributed by atoms with Crippen LogP contribution in [0.4, 0.5) is 0 Å². The number of nitrogens with two attached hydrogens (primary N) is 1. The zero-order valence-corrected chi connectivity index (χ0v) is 15.7. The number of amidine groups is 1. The second-order valence-corrected chi connectivity index (χ2v) is 8.16. The van der Waals surface area contributed by atoms with Crippen LogP contribution >= 0.6 is 0 Å². The predicted octanol–water partition coefficient (Wildman–Crippen LogP) is 1.97. The Hall–Kier alpha value is -2.18. The minimum absolute atomic E-state index is 0.192. The first-order chi connectivity index (χ1) is 12.9. The fourth-order valence-corrected chi connectivity index (χ4v) is 4.47. The molecule has 0 radical (unpaired) electrons. The third kappa shape index (κ3) is 4.96. The molecule has 0 atom stereocenters. The van der Waals surface area contributed by atoms with Crippen molar-refractivity contribution in [3.8, 4) is 0 Å². The number of imide groups is 1. The summed E-state index contributed by atoms with van der Waals surface area (Å²) < 4.78 is 0. The number of carbonyl (C=O) groups excluding carboxylic acids is 2. The monoisotopic (exact) mass is 375 g/mol. The Bertz CT molecular complexity index is 624. The van der Waals surface area contributed by atoms with E-state index in [-0.39, 0.29) is 23.7 Å². The van der Waals surface area contributed by atoms with Crippen LogP contribution < -0.4 is 5.73 Å². The SMILES string of the molecule is NC(=NCC1CCC(C(=O)O)CC1)C1CCC(CN2C(=O)C=CC2=O)CC1. The molecule has 2 saturated carbocycles. The van der Waals surface area contributed by atoms with Crippen LogP contribution in [0.15, 0.2) is 17.1 Å². The summed E-state index contributed by atoms with van der Waals surface area (Å²) in [4.78, 5) is 40.3. The maximum absolute atomic E-state index is 11.7. The first kappa shape index (κ1) is 19.6. The smallest absolute Gasteiger partial charge is 0.306 e. The lowest BCUT2D eigenvalue weighted by atomic mass is 9.80. The van der Waals surface area contributed by atoms with Crippen LogP contribution in [-0.4, -0.2) is 46.7 Å². The molecule has 3 aliphatic rings. The zero-order valence-electron chi connectivity index (χ0n) is 15.7. The van der Waals surface area contributed by atoms with Gasteiger partial charge in [0.1, 0.15) is 0 Å². The van der Waals surface area contributed by atoms with Crippen LogP contribution in [0.25, 0.3) is 0 Å². The van der Waals surface area contributed by atoms with Gasteiger partial charge in [0.25, 0.3) is 11.8 Å². The fraction of sp³-hybridized carbons (Fsp3) is 0.700. The summed E-state index contributed by atoms with van der Waals surface area (Å²) in [5.41, 5.74) is 6.22. The van der Waals surface area contributed by atoms with Gasteiger partial charge in [0.05, 0.1) is 11.8 Å². The number of carbonyl (C=O) groups is 3. The lowest BCUT2D eigenvalue weighted by Gasteiger charge is -2.30. The number of hydrogen-bond acceptors (Lipinski definition) is 4. The van der Waals surface area contributed by atoms with Gasteiger partial charge in [-0.1, -0.05) is 0 Å². The summed E-state index contributed by atoms with van der Waals surface area (Å²) in [6.45, 7) is 1.20. The van der Waals surface area contributed by atoms with Crippen molar-refractivity contribution in [2.45, 2.75) is 51.4 Å². The molecule has 2 aliphatic carbocycles. The fourth-order valence-electron chi connectivity index (χ4n) is 4.47. The third-order valence-electron chi connectivity index (χ3n) is 6.33. The van der Waals surface area contributed by atoms with E-state index in [0.717, 1.165) is 51.4 Å². The number of rotatable bonds is 6. The molecule has 0 unspecified atom stereocenters. The van der Waals surface area contributed by atoms with Crippen LogP contribution in [0.2, 0.25) is 0 Å². The standard InChI is InChI=1S/C20H29N3O4/c21-19(22-11-13-1-7-16(8-2-13)20(26)27)15-5-3-14(4-6-15)12-23-17(24)9-10-18(23)25/h9-10,13-16H,1-8,11-12H2,(H2,21,22)(H,26,27). The highest BCUT2D eigenvalue weighted by molar-refractivity contribution is 6.12. The van der Waals surface area contributed by atoms with E-state index in [1.165, 1.54) is 17.1 Å². The molecule has 1 aliphatic heterocycles. The second kappa shape index (κ2) is 8.67. The Kier molecular flexibility index (Phi) is 6.29. The summed E-state index contributed by atoms with van der Waals surface area (Å²) in [5, 5.41) is 9.06. The molecule has 0 bridgehead atoms. The highest BCUT2D eigenvalue weighted by Crippen LogP contribution is 2.31. The van der Waals surface area contributed by atoms with Gasteiger partial charge >= 0.3 is 5.97 Å². The lowest BCUT2D eigenvalue weighted by molar-refractivity contribution is -0.143. The topological polar surface area (TPSA) is 113 Å². The minimum Gasteiger partial charge on any atom is -0.481 e. The predicted molar refractivity (Wildman–Crippen MR) is 101 cm³/mol. The van der Waals surface area contributed by atoms with Crippen molar-refractivity contribution in [3.63, 3.8) is 0 Å². The average molecular weight is 375 g/mol. The van der Waals surface area contributed by atoms with Gasteiger partial charge in [-0.2, -0.15) is 0 Å². The van der Waals surface area contributed by atoms with Crippen molar-refractivity contribution in [3.05, 3.63) is 12.2 Å². The maximum Gasteiger partial charge on any atom is 0.306 e. The van der Waals surface area contributed by atoms with E-state index >= 15 is 0 Å². The van der Waals surface area contributed by atoms with E-state index < -0.39 is 5.97 Å². The van der Waals surface area contributed by atoms with Gasteiger partial charge in [-0.05, 0) is 63.2 Å². The van der Waals surface area contributed by atoms with Gasteiger partial charge in [-0.25, -0.2) is 0 Å². The van der Waals surface area contributed by atoms with Crippen molar-refractivity contribution in [1.82, 2.24) is 4.90 Å². The van der Waals surface area contributed by atoms with Crippen LogP contribution in [0.3, 0.4) is 0 Å². The quantitative estimate of drug-likeness (QED) is 0.419. The Morgan fingerprint density at radius 3 is 2.04 bits per heavy atom. The maximum atomic E-state index is 11.7. The Morgan fingerprint density at radius 2 is 1.48 bits per heavy atom. The number of nitrogens with zero attached hydrogens (tertiary/aromatic N) is 2. The van der Waals surface area contributed by atoms with Gasteiger partial charge in [0.2, 0.25) is 0 Å². The molecule has 2 amide bonds. The molecule has 0 aromatic rings. The van der Waals surface area contributed by atoms with Gasteiger partial charge < -0.3 is 10.8 Å². The van der Waals surface area contributed by atoms with Crippen molar-refractivity contribution < 1.29 is 19.5 Å². The minimum atomic E-state index is -0.679. The molecule has 0 spiro atoms. The van der Waals surface area contributed by atoms with Crippen molar-refractivity contribution in [2.24, 2.45) is 34.4 Å². The largest absolute Gasteiger partial charge is 0.481 e. The van der Waals surface area contributed by atoms with Crippen LogP contribution in [0, 0.1) is 23.7 Å². The van der Waals surface area contributed by atoms with Gasteiger partial charge in [-0.15, -0.1) is 0 Å². The van der Waals surface area contributed by atoms with E-state index in [0.29, 0.717) is 30.8 Å². The first-order valence-corrected chi connectivity index (χ1v) is 10.00. The molecule has 1 heterocycles. The highest BCUT2D eigenvalue weighted by atomic mass is 16.4. The molecule has 0 aromatic heterocycles. The molecule has 3 rings (SSSR count). The summed E-state index contributed by atoms with van der Waals surface area (Å²) >= 11 is 0. The molecule has 0 saturated heterocycles. The molecule has 27 heavy (non-hydrogen) atoms. The normalized spacial score (nSPS) is 32.1. The zero-order chi connectivity index (χ0) is 19.4. The number of aliphatic imine (C=N–C) groups is 1. The number of hydrogen-bond donors (Lipinski definition) is 2. The van der Waals surface area contributed by atoms with Crippen LogP contribution in [0.5, 0.6) is 0 Å². The van der Waals surface area contributed by atoms with E-state index in [2.05, 4.69) is 4.99 Å².